The van der Waals surface area contributed by atoms with E-state index in [4.69, 9.17) is 22.0 Å². The SMILES string of the molecule is N#Cc1c(F)cc(NC(=O)O)cc1Cl. The molecule has 14 heavy (non-hydrogen) atoms. The summed E-state index contributed by atoms with van der Waals surface area (Å²) in [5.74, 6) is -0.858. The lowest BCUT2D eigenvalue weighted by Crippen LogP contribution is -2.07. The highest BCUT2D eigenvalue weighted by Gasteiger charge is 2.09. The van der Waals surface area contributed by atoms with E-state index in [9.17, 15) is 9.18 Å². The van der Waals surface area contributed by atoms with Gasteiger partial charge in [0.15, 0.2) is 0 Å². The number of nitrogens with one attached hydrogen (secondary N) is 1. The molecule has 0 unspecified atom stereocenters. The van der Waals surface area contributed by atoms with Crippen molar-refractivity contribution in [3.05, 3.63) is 28.5 Å². The molecule has 0 bridgehead atoms. The normalized spacial score (nSPS) is 9.21. The predicted molar refractivity (Wildman–Crippen MR) is 47.8 cm³/mol. The summed E-state index contributed by atoms with van der Waals surface area (Å²) < 4.78 is 13.0. The summed E-state index contributed by atoms with van der Waals surface area (Å²) in [6, 6.07) is 3.61. The molecule has 1 aromatic carbocycles. The van der Waals surface area contributed by atoms with Gasteiger partial charge in [0.2, 0.25) is 0 Å². The number of carbonyl (C=O) groups is 1. The Morgan fingerprint density at radius 3 is 2.71 bits per heavy atom. The van der Waals surface area contributed by atoms with Gasteiger partial charge in [-0.15, -0.1) is 0 Å². The number of anilines is 1. The monoisotopic (exact) mass is 214 g/mol. The van der Waals surface area contributed by atoms with Crippen molar-refractivity contribution in [2.24, 2.45) is 0 Å². The Bertz CT molecular complexity index is 405. The largest absolute Gasteiger partial charge is 0.465 e. The van der Waals surface area contributed by atoms with E-state index in [2.05, 4.69) is 0 Å². The minimum Gasteiger partial charge on any atom is -0.465 e. The Hall–Kier alpha value is -1.80. The number of rotatable bonds is 1. The van der Waals surface area contributed by atoms with E-state index in [0.717, 1.165) is 12.1 Å². The second kappa shape index (κ2) is 3.94. The fraction of sp³-hybridized carbons (Fsp3) is 0. The minimum atomic E-state index is -1.33. The van der Waals surface area contributed by atoms with Crippen molar-refractivity contribution in [1.82, 2.24) is 0 Å². The zero-order valence-corrected chi connectivity index (χ0v) is 7.47. The first-order valence-corrected chi connectivity index (χ1v) is 3.81. The molecule has 0 saturated carbocycles. The summed E-state index contributed by atoms with van der Waals surface area (Å²) in [5, 5.41) is 18.6. The van der Waals surface area contributed by atoms with Crippen molar-refractivity contribution < 1.29 is 14.3 Å². The number of carboxylic acid groups (broad SMARTS) is 1. The molecule has 2 N–H and O–H groups in total. The van der Waals surface area contributed by atoms with E-state index in [1.165, 1.54) is 0 Å². The Morgan fingerprint density at radius 2 is 2.29 bits per heavy atom. The van der Waals surface area contributed by atoms with Crippen molar-refractivity contribution in [2.45, 2.75) is 0 Å². The molecule has 0 aliphatic carbocycles. The van der Waals surface area contributed by atoms with Crippen LogP contribution in [0.15, 0.2) is 12.1 Å². The van der Waals surface area contributed by atoms with Crippen LogP contribution in [0.2, 0.25) is 5.02 Å². The predicted octanol–water partition coefficient (Wildman–Crippen LogP) is 2.44. The minimum absolute atomic E-state index is 0.0148. The lowest BCUT2D eigenvalue weighted by Gasteiger charge is -2.03. The molecule has 0 heterocycles. The average molecular weight is 215 g/mol. The van der Waals surface area contributed by atoms with Crippen LogP contribution in [0.5, 0.6) is 0 Å². The molecule has 1 rings (SSSR count). The van der Waals surface area contributed by atoms with Crippen LogP contribution >= 0.6 is 11.6 Å². The topological polar surface area (TPSA) is 73.1 Å². The highest BCUT2D eigenvalue weighted by molar-refractivity contribution is 6.32. The van der Waals surface area contributed by atoms with Crippen LogP contribution in [-0.4, -0.2) is 11.2 Å². The van der Waals surface area contributed by atoms with Gasteiger partial charge in [0.1, 0.15) is 17.4 Å². The Morgan fingerprint density at radius 1 is 1.64 bits per heavy atom. The molecule has 6 heteroatoms. The average Bonchev–Trinajstić information content (AvgIpc) is 2.01. The smallest absolute Gasteiger partial charge is 0.409 e. The van der Waals surface area contributed by atoms with Gasteiger partial charge in [-0.25, -0.2) is 9.18 Å². The van der Waals surface area contributed by atoms with Crippen molar-refractivity contribution in [3.63, 3.8) is 0 Å². The number of nitriles is 1. The molecule has 0 atom stereocenters. The molecular formula is C8H4ClFN2O2. The maximum absolute atomic E-state index is 13.0. The zero-order valence-electron chi connectivity index (χ0n) is 6.71. The van der Waals surface area contributed by atoms with Crippen LogP contribution < -0.4 is 5.32 Å². The van der Waals surface area contributed by atoms with E-state index >= 15 is 0 Å². The summed E-state index contributed by atoms with van der Waals surface area (Å²) in [6.07, 6.45) is -1.33. The van der Waals surface area contributed by atoms with Crippen molar-refractivity contribution in [3.8, 4) is 6.07 Å². The lowest BCUT2D eigenvalue weighted by molar-refractivity contribution is 0.210. The maximum Gasteiger partial charge on any atom is 0.409 e. The first kappa shape index (κ1) is 10.3. The summed E-state index contributed by atoms with van der Waals surface area (Å²) in [6.45, 7) is 0. The number of nitrogens with zero attached hydrogens (tertiary/aromatic N) is 1. The molecule has 0 radical (unpaired) electrons. The first-order chi connectivity index (χ1) is 6.54. The van der Waals surface area contributed by atoms with E-state index in [1.807, 2.05) is 5.32 Å². The molecular weight excluding hydrogens is 211 g/mol. The van der Waals surface area contributed by atoms with Gasteiger partial charge in [0.05, 0.1) is 5.02 Å². The number of hydrogen-bond acceptors (Lipinski definition) is 2. The quantitative estimate of drug-likeness (QED) is 0.754. The highest BCUT2D eigenvalue weighted by Crippen LogP contribution is 2.23. The fourth-order valence-electron chi connectivity index (χ4n) is 0.876. The Balaban J connectivity index is 3.15. The Labute approximate surface area is 83.5 Å². The van der Waals surface area contributed by atoms with Gasteiger partial charge in [0.25, 0.3) is 0 Å². The van der Waals surface area contributed by atoms with Gasteiger partial charge in [-0.3, -0.25) is 5.32 Å². The molecule has 1 amide bonds. The summed E-state index contributed by atoms with van der Waals surface area (Å²) in [5.41, 5.74) is -0.318. The summed E-state index contributed by atoms with van der Waals surface area (Å²) in [4.78, 5) is 10.2. The molecule has 0 spiro atoms. The zero-order chi connectivity index (χ0) is 10.7. The molecule has 1 aromatic rings. The van der Waals surface area contributed by atoms with Crippen LogP contribution in [0.3, 0.4) is 0 Å². The second-order valence-electron chi connectivity index (χ2n) is 2.36. The molecule has 0 aliphatic rings. The summed E-state index contributed by atoms with van der Waals surface area (Å²) >= 11 is 5.52. The molecule has 72 valence electrons. The molecule has 0 aromatic heterocycles. The third-order valence-corrected chi connectivity index (χ3v) is 1.70. The van der Waals surface area contributed by atoms with Crippen LogP contribution in [0.4, 0.5) is 14.9 Å². The number of benzene rings is 1. The molecule has 4 nitrogen and oxygen atoms in total. The van der Waals surface area contributed by atoms with Crippen LogP contribution in [0, 0.1) is 17.1 Å². The van der Waals surface area contributed by atoms with Crippen LogP contribution in [0.25, 0.3) is 0 Å². The van der Waals surface area contributed by atoms with E-state index < -0.39 is 11.9 Å². The standard InChI is InChI=1S/C8H4ClFN2O2/c9-6-1-4(12-8(13)14)2-7(10)5(6)3-11/h1-2,12H,(H,13,14). The summed E-state index contributed by atoms with van der Waals surface area (Å²) in [7, 11) is 0. The fourth-order valence-corrected chi connectivity index (χ4v) is 1.13. The van der Waals surface area contributed by atoms with Crippen LogP contribution in [-0.2, 0) is 0 Å². The third kappa shape index (κ3) is 2.12. The lowest BCUT2D eigenvalue weighted by atomic mass is 10.2. The van der Waals surface area contributed by atoms with Gasteiger partial charge in [-0.2, -0.15) is 5.26 Å². The van der Waals surface area contributed by atoms with E-state index in [-0.39, 0.29) is 16.3 Å². The van der Waals surface area contributed by atoms with Gasteiger partial charge >= 0.3 is 6.09 Å². The van der Waals surface area contributed by atoms with E-state index in [1.54, 1.807) is 6.07 Å². The van der Waals surface area contributed by atoms with Crippen molar-refractivity contribution in [1.29, 1.82) is 5.26 Å². The maximum atomic E-state index is 13.0. The Kier molecular flexibility index (Phi) is 2.89. The molecule has 0 saturated heterocycles. The van der Waals surface area contributed by atoms with Gasteiger partial charge in [-0.05, 0) is 12.1 Å². The molecule has 0 aliphatic heterocycles. The third-order valence-electron chi connectivity index (χ3n) is 1.41. The van der Waals surface area contributed by atoms with Gasteiger partial charge < -0.3 is 5.11 Å². The number of amides is 1. The van der Waals surface area contributed by atoms with Gasteiger partial charge in [-0.1, -0.05) is 11.6 Å². The van der Waals surface area contributed by atoms with E-state index in [0.29, 0.717) is 0 Å². The second-order valence-corrected chi connectivity index (χ2v) is 2.76. The van der Waals surface area contributed by atoms with Gasteiger partial charge in [0, 0.05) is 5.69 Å². The van der Waals surface area contributed by atoms with Crippen molar-refractivity contribution in [2.75, 3.05) is 5.32 Å². The first-order valence-electron chi connectivity index (χ1n) is 3.43. The highest BCUT2D eigenvalue weighted by atomic mass is 35.5. The number of halogens is 2. The number of hydrogen-bond donors (Lipinski definition) is 2. The van der Waals surface area contributed by atoms with Crippen LogP contribution in [0.1, 0.15) is 5.56 Å². The molecule has 0 fully saturated rings. The van der Waals surface area contributed by atoms with Crippen molar-refractivity contribution >= 4 is 23.4 Å².